The number of ether oxygens (including phenoxy) is 2. The van der Waals surface area contributed by atoms with Gasteiger partial charge in [0, 0.05) is 12.4 Å². The maximum Gasteiger partial charge on any atom is 0.167 e. The number of nitrogens with zero attached hydrogens (tertiary/aromatic N) is 4. The molecule has 2 aromatic heterocycles. The van der Waals surface area contributed by atoms with E-state index in [1.165, 1.54) is 6.33 Å². The number of rotatable bonds is 7. The summed E-state index contributed by atoms with van der Waals surface area (Å²) in [6, 6.07) is 0.198. The van der Waals surface area contributed by atoms with Gasteiger partial charge in [-0.05, 0) is 18.6 Å². The van der Waals surface area contributed by atoms with E-state index in [-0.39, 0.29) is 6.04 Å². The van der Waals surface area contributed by atoms with Gasteiger partial charge in [0.25, 0.3) is 0 Å². The lowest BCUT2D eigenvalue weighted by Gasteiger charge is -2.17. The minimum atomic E-state index is -1.04. The third-order valence-electron chi connectivity index (χ3n) is 4.87. The highest BCUT2D eigenvalue weighted by Gasteiger charge is 2.44. The van der Waals surface area contributed by atoms with Crippen LogP contribution in [-0.2, 0) is 9.47 Å². The second kappa shape index (κ2) is 8.27. The fourth-order valence-corrected chi connectivity index (χ4v) is 4.39. The number of hydrogen-bond donors (Lipinski definition) is 3. The maximum atomic E-state index is 10.5. The van der Waals surface area contributed by atoms with Gasteiger partial charge in [0.1, 0.15) is 18.5 Å². The Hall–Kier alpha value is -1.46. The number of anilines is 1. The van der Waals surface area contributed by atoms with Gasteiger partial charge in [-0.25, -0.2) is 15.0 Å². The van der Waals surface area contributed by atoms with Crippen molar-refractivity contribution in [2.24, 2.45) is 0 Å². The molecule has 9 nitrogen and oxygen atoms in total. The minimum Gasteiger partial charge on any atom is -0.387 e. The van der Waals surface area contributed by atoms with Gasteiger partial charge in [0.2, 0.25) is 0 Å². The quantitative estimate of drug-likeness (QED) is 0.585. The first kappa shape index (κ1) is 18.9. The number of imidazole rings is 1. The maximum absolute atomic E-state index is 10.5. The number of thioether (sulfide) groups is 1. The average molecular weight is 395 g/mol. The van der Waals surface area contributed by atoms with Crippen molar-refractivity contribution in [3.05, 3.63) is 12.7 Å². The monoisotopic (exact) mass is 395 g/mol. The smallest absolute Gasteiger partial charge is 0.167 e. The van der Waals surface area contributed by atoms with Gasteiger partial charge in [-0.15, -0.1) is 0 Å². The van der Waals surface area contributed by atoms with E-state index in [2.05, 4.69) is 27.2 Å². The zero-order valence-electron chi connectivity index (χ0n) is 15.2. The van der Waals surface area contributed by atoms with Gasteiger partial charge >= 0.3 is 0 Å². The Kier molecular flexibility index (Phi) is 5.79. The molecule has 0 radical (unpaired) electrons. The third kappa shape index (κ3) is 3.77. The summed E-state index contributed by atoms with van der Waals surface area (Å²) >= 11 is 1.71. The van der Waals surface area contributed by atoms with E-state index in [1.807, 2.05) is 0 Å². The van der Waals surface area contributed by atoms with Gasteiger partial charge in [-0.2, -0.15) is 11.8 Å². The van der Waals surface area contributed by atoms with Crippen molar-refractivity contribution in [3.63, 3.8) is 0 Å². The summed E-state index contributed by atoms with van der Waals surface area (Å²) in [5.74, 6) is 2.27. The predicted octanol–water partition coefficient (Wildman–Crippen LogP) is 0.789. The molecule has 4 rings (SSSR count). The molecular formula is C17H25N5O4S. The summed E-state index contributed by atoms with van der Waals surface area (Å²) in [6.07, 6.45) is 1.90. The summed E-state index contributed by atoms with van der Waals surface area (Å²) in [5, 5.41) is 24.2. The van der Waals surface area contributed by atoms with Crippen LogP contribution in [0.5, 0.6) is 0 Å². The Labute approximate surface area is 161 Å². The van der Waals surface area contributed by atoms with Crippen LogP contribution in [0, 0.1) is 0 Å². The van der Waals surface area contributed by atoms with Crippen LogP contribution in [0.1, 0.15) is 26.0 Å². The molecule has 2 fully saturated rings. The van der Waals surface area contributed by atoms with Gasteiger partial charge in [0.05, 0.1) is 25.1 Å². The Morgan fingerprint density at radius 3 is 2.96 bits per heavy atom. The molecule has 0 spiro atoms. The lowest BCUT2D eigenvalue weighted by atomic mass is 10.1. The molecule has 0 aromatic carbocycles. The number of fused-ring (bicyclic) bond motifs is 1. The molecule has 148 valence electrons. The standard InChI is InChI=1S/C17H25N5O4S/c1-2-5-27-7-11-13(23)14(24)17(26-11)22-9-20-12-15(18-8-19-16(12)22)21-10-3-4-25-6-10/h8-11,13-14,17,23-24H,2-7H2,1H3,(H,18,19,21)/t10-,11-,13-,14-,17-/m1/s1. The summed E-state index contributed by atoms with van der Waals surface area (Å²) in [4.78, 5) is 13.0. The first-order valence-electron chi connectivity index (χ1n) is 9.30. The predicted molar refractivity (Wildman–Crippen MR) is 102 cm³/mol. The molecule has 2 aromatic rings. The Balaban J connectivity index is 1.55. The molecule has 2 aliphatic heterocycles. The second-order valence-electron chi connectivity index (χ2n) is 6.87. The summed E-state index contributed by atoms with van der Waals surface area (Å²) < 4.78 is 13.0. The zero-order chi connectivity index (χ0) is 18.8. The molecule has 0 unspecified atom stereocenters. The molecule has 3 N–H and O–H groups in total. The first-order chi connectivity index (χ1) is 13.2. The largest absolute Gasteiger partial charge is 0.387 e. The van der Waals surface area contributed by atoms with E-state index >= 15 is 0 Å². The SMILES string of the molecule is CCCSC[C@H]1O[C@@H](n2cnc3c(N[C@@H]4CCOC4)ncnc32)[C@H](O)[C@@H]1O. The normalized spacial score (nSPS) is 31.0. The molecule has 10 heteroatoms. The number of aliphatic hydroxyl groups excluding tert-OH is 2. The van der Waals surface area contributed by atoms with Gasteiger partial charge in [0.15, 0.2) is 23.2 Å². The van der Waals surface area contributed by atoms with Crippen LogP contribution in [0.4, 0.5) is 5.82 Å². The minimum absolute atomic E-state index is 0.198. The van der Waals surface area contributed by atoms with Crippen LogP contribution in [-0.4, -0.2) is 78.8 Å². The Morgan fingerprint density at radius 1 is 1.30 bits per heavy atom. The molecule has 2 saturated heterocycles. The van der Waals surface area contributed by atoms with E-state index < -0.39 is 24.5 Å². The van der Waals surface area contributed by atoms with Gasteiger partial charge in [-0.1, -0.05) is 6.92 Å². The lowest BCUT2D eigenvalue weighted by molar-refractivity contribution is -0.0289. The Bertz CT molecular complexity index is 769. The van der Waals surface area contributed by atoms with Crippen LogP contribution in [0.25, 0.3) is 11.2 Å². The van der Waals surface area contributed by atoms with Gasteiger partial charge < -0.3 is 25.0 Å². The first-order valence-corrected chi connectivity index (χ1v) is 10.5. The van der Waals surface area contributed by atoms with Crippen molar-refractivity contribution in [2.45, 2.75) is 50.3 Å². The third-order valence-corrected chi connectivity index (χ3v) is 6.13. The molecule has 0 aliphatic carbocycles. The van der Waals surface area contributed by atoms with Crippen LogP contribution in [0.15, 0.2) is 12.7 Å². The van der Waals surface area contributed by atoms with E-state index in [4.69, 9.17) is 9.47 Å². The number of nitrogens with one attached hydrogen (secondary N) is 1. The molecule has 0 bridgehead atoms. The van der Waals surface area contributed by atoms with Crippen molar-refractivity contribution in [1.82, 2.24) is 19.5 Å². The summed E-state index contributed by atoms with van der Waals surface area (Å²) in [6.45, 7) is 3.48. The molecule has 2 aliphatic rings. The molecule has 5 atom stereocenters. The van der Waals surface area contributed by atoms with E-state index in [1.54, 1.807) is 22.7 Å². The van der Waals surface area contributed by atoms with Crippen LogP contribution in [0.2, 0.25) is 0 Å². The van der Waals surface area contributed by atoms with E-state index in [0.29, 0.717) is 29.3 Å². The van der Waals surface area contributed by atoms with Crippen molar-refractivity contribution in [1.29, 1.82) is 0 Å². The fraction of sp³-hybridized carbons (Fsp3) is 0.706. The van der Waals surface area contributed by atoms with E-state index in [9.17, 15) is 10.2 Å². The highest BCUT2D eigenvalue weighted by Crippen LogP contribution is 2.33. The second-order valence-corrected chi connectivity index (χ2v) is 8.02. The molecule has 0 amide bonds. The lowest BCUT2D eigenvalue weighted by Crippen LogP contribution is -2.32. The highest BCUT2D eigenvalue weighted by atomic mass is 32.2. The van der Waals surface area contributed by atoms with E-state index in [0.717, 1.165) is 25.2 Å². The van der Waals surface area contributed by atoms with Crippen LogP contribution >= 0.6 is 11.8 Å². The number of aliphatic hydroxyl groups is 2. The molecule has 0 saturated carbocycles. The topological polar surface area (TPSA) is 115 Å². The van der Waals surface area contributed by atoms with Gasteiger partial charge in [-0.3, -0.25) is 4.57 Å². The highest BCUT2D eigenvalue weighted by molar-refractivity contribution is 7.99. The van der Waals surface area contributed by atoms with Crippen molar-refractivity contribution >= 4 is 28.7 Å². The zero-order valence-corrected chi connectivity index (χ0v) is 16.0. The number of aromatic nitrogens is 4. The van der Waals surface area contributed by atoms with Crippen LogP contribution in [0.3, 0.4) is 0 Å². The average Bonchev–Trinajstić information content (AvgIpc) is 3.39. The number of hydrogen-bond acceptors (Lipinski definition) is 9. The van der Waals surface area contributed by atoms with Crippen molar-refractivity contribution in [3.8, 4) is 0 Å². The van der Waals surface area contributed by atoms with Crippen LogP contribution < -0.4 is 5.32 Å². The summed E-state index contributed by atoms with van der Waals surface area (Å²) in [7, 11) is 0. The summed E-state index contributed by atoms with van der Waals surface area (Å²) in [5.41, 5.74) is 1.17. The van der Waals surface area contributed by atoms with Crippen molar-refractivity contribution < 1.29 is 19.7 Å². The molecular weight excluding hydrogens is 370 g/mol. The Morgan fingerprint density at radius 2 is 2.19 bits per heavy atom. The van der Waals surface area contributed by atoms with Crippen molar-refractivity contribution in [2.75, 3.05) is 30.0 Å². The fourth-order valence-electron chi connectivity index (χ4n) is 3.43. The molecule has 27 heavy (non-hydrogen) atoms. The molecule has 4 heterocycles.